The van der Waals surface area contributed by atoms with Gasteiger partial charge in [0.2, 0.25) is 5.91 Å². The topological polar surface area (TPSA) is 112 Å². The van der Waals surface area contributed by atoms with Gasteiger partial charge in [-0.1, -0.05) is 12.1 Å². The van der Waals surface area contributed by atoms with Gasteiger partial charge in [0.25, 0.3) is 5.91 Å². The second kappa shape index (κ2) is 6.95. The van der Waals surface area contributed by atoms with E-state index in [9.17, 15) is 14.4 Å². The van der Waals surface area contributed by atoms with Crippen LogP contribution in [0, 0.1) is 0 Å². The fourth-order valence-electron chi connectivity index (χ4n) is 1.27. The number of thioether (sulfide) groups is 1. The maximum atomic E-state index is 12.0. The Morgan fingerprint density at radius 1 is 1.10 bits per heavy atom. The zero-order valence-corrected chi connectivity index (χ0v) is 12.0. The first-order valence-corrected chi connectivity index (χ1v) is 6.76. The number of carbonyl (C=O) groups excluding carboxylic acids is 3. The monoisotopic (exact) mass is 296 g/mol. The summed E-state index contributed by atoms with van der Waals surface area (Å²) in [6, 6.07) is 6.61. The first kappa shape index (κ1) is 16.0. The summed E-state index contributed by atoms with van der Waals surface area (Å²) in [5.41, 5.74) is 10.5. The number of hydrogen-bond acceptors (Lipinski definition) is 5. The van der Waals surface area contributed by atoms with E-state index in [2.05, 4.69) is 0 Å². The lowest BCUT2D eigenvalue weighted by molar-refractivity contribution is -0.125. The molecule has 7 heteroatoms. The highest BCUT2D eigenvalue weighted by atomic mass is 32.2. The summed E-state index contributed by atoms with van der Waals surface area (Å²) in [4.78, 5) is 34.5. The molecule has 0 aliphatic rings. The molecule has 1 aromatic rings. The smallest absolute Gasteiger partial charge is 0.340 e. The van der Waals surface area contributed by atoms with Gasteiger partial charge in [-0.3, -0.25) is 9.59 Å². The Kier molecular flexibility index (Phi) is 5.57. The van der Waals surface area contributed by atoms with Gasteiger partial charge in [-0.05, 0) is 26.0 Å². The zero-order valence-electron chi connectivity index (χ0n) is 11.2. The Morgan fingerprint density at radius 2 is 1.70 bits per heavy atom. The summed E-state index contributed by atoms with van der Waals surface area (Å²) in [6.45, 7) is 3.03. The van der Waals surface area contributed by atoms with Crippen LogP contribution in [0.3, 0.4) is 0 Å². The van der Waals surface area contributed by atoms with Crippen LogP contribution in [-0.2, 0) is 14.3 Å². The highest BCUT2D eigenvalue weighted by molar-refractivity contribution is 8.00. The largest absolute Gasteiger partial charge is 0.449 e. The molecule has 0 saturated carbocycles. The van der Waals surface area contributed by atoms with Gasteiger partial charge in [0, 0.05) is 4.90 Å². The van der Waals surface area contributed by atoms with Crippen molar-refractivity contribution >= 4 is 29.5 Å². The van der Waals surface area contributed by atoms with Crippen molar-refractivity contribution in [3.63, 3.8) is 0 Å². The van der Waals surface area contributed by atoms with Gasteiger partial charge in [0.1, 0.15) is 0 Å². The number of esters is 1. The molecule has 0 aliphatic heterocycles. The summed E-state index contributed by atoms with van der Waals surface area (Å²) in [6.07, 6.45) is -1.02. The lowest BCUT2D eigenvalue weighted by atomic mass is 10.2. The number of amides is 2. The van der Waals surface area contributed by atoms with E-state index in [0.29, 0.717) is 4.90 Å². The Hall–Kier alpha value is -2.02. The van der Waals surface area contributed by atoms with Crippen molar-refractivity contribution < 1.29 is 19.1 Å². The fourth-order valence-corrected chi connectivity index (χ4v) is 2.20. The van der Waals surface area contributed by atoms with E-state index < -0.39 is 29.1 Å². The van der Waals surface area contributed by atoms with E-state index >= 15 is 0 Å². The van der Waals surface area contributed by atoms with Gasteiger partial charge in [-0.15, -0.1) is 11.8 Å². The summed E-state index contributed by atoms with van der Waals surface area (Å²) < 4.78 is 4.94. The maximum Gasteiger partial charge on any atom is 0.340 e. The van der Waals surface area contributed by atoms with E-state index in [1.807, 2.05) is 0 Å². The minimum Gasteiger partial charge on any atom is -0.449 e. The molecular weight excluding hydrogens is 280 g/mol. The van der Waals surface area contributed by atoms with Crippen LogP contribution in [0.15, 0.2) is 29.2 Å². The van der Waals surface area contributed by atoms with Gasteiger partial charge in [0.05, 0.1) is 10.8 Å². The van der Waals surface area contributed by atoms with Crippen LogP contribution in [0.1, 0.15) is 24.2 Å². The van der Waals surface area contributed by atoms with Gasteiger partial charge in [-0.25, -0.2) is 4.79 Å². The molecule has 0 aliphatic carbocycles. The first-order chi connectivity index (χ1) is 9.32. The maximum absolute atomic E-state index is 12.0. The predicted octanol–water partition coefficient (Wildman–Crippen LogP) is 0.683. The molecule has 0 unspecified atom stereocenters. The van der Waals surface area contributed by atoms with Crippen molar-refractivity contribution in [1.29, 1.82) is 0 Å². The van der Waals surface area contributed by atoms with Gasteiger partial charge >= 0.3 is 5.97 Å². The van der Waals surface area contributed by atoms with Gasteiger partial charge in [0.15, 0.2) is 6.10 Å². The molecule has 2 atom stereocenters. The molecule has 0 spiro atoms. The lowest BCUT2D eigenvalue weighted by Gasteiger charge is -2.13. The van der Waals surface area contributed by atoms with Gasteiger partial charge in [-0.2, -0.15) is 0 Å². The second-order valence-electron chi connectivity index (χ2n) is 4.11. The molecule has 0 saturated heterocycles. The van der Waals surface area contributed by atoms with E-state index in [0.717, 1.165) is 11.8 Å². The number of primary amides is 2. The second-order valence-corrected chi connectivity index (χ2v) is 5.49. The third kappa shape index (κ3) is 4.27. The van der Waals surface area contributed by atoms with Crippen molar-refractivity contribution in [3.05, 3.63) is 29.8 Å². The average Bonchev–Trinajstić information content (AvgIpc) is 2.38. The molecule has 20 heavy (non-hydrogen) atoms. The number of nitrogens with two attached hydrogens (primary N) is 2. The zero-order chi connectivity index (χ0) is 15.3. The molecule has 0 bridgehead atoms. The predicted molar refractivity (Wildman–Crippen MR) is 75.0 cm³/mol. The molecular formula is C13H16N2O4S. The van der Waals surface area contributed by atoms with E-state index in [4.69, 9.17) is 16.2 Å². The highest BCUT2D eigenvalue weighted by Gasteiger charge is 2.20. The minimum absolute atomic E-state index is 0.263. The van der Waals surface area contributed by atoms with Crippen molar-refractivity contribution in [2.75, 3.05) is 0 Å². The molecule has 6 nitrogen and oxygen atoms in total. The average molecular weight is 296 g/mol. The lowest BCUT2D eigenvalue weighted by Crippen LogP contribution is -2.30. The molecule has 2 amide bonds. The minimum atomic E-state index is -1.02. The van der Waals surface area contributed by atoms with Crippen molar-refractivity contribution in [1.82, 2.24) is 0 Å². The quantitative estimate of drug-likeness (QED) is 0.592. The Labute approximate surface area is 120 Å². The Morgan fingerprint density at radius 3 is 2.25 bits per heavy atom. The van der Waals surface area contributed by atoms with Crippen LogP contribution in [-0.4, -0.2) is 29.1 Å². The highest BCUT2D eigenvalue weighted by Crippen LogP contribution is 2.27. The van der Waals surface area contributed by atoms with Crippen LogP contribution >= 0.6 is 11.8 Å². The molecule has 1 aromatic carbocycles. The van der Waals surface area contributed by atoms with Gasteiger partial charge < -0.3 is 16.2 Å². The number of hydrogen-bond donors (Lipinski definition) is 2. The number of rotatable bonds is 6. The molecule has 108 valence electrons. The van der Waals surface area contributed by atoms with Crippen LogP contribution in [0.25, 0.3) is 0 Å². The number of benzene rings is 1. The summed E-state index contributed by atoms with van der Waals surface area (Å²) in [5, 5.41) is -0.488. The third-order valence-electron chi connectivity index (χ3n) is 2.50. The van der Waals surface area contributed by atoms with Crippen molar-refractivity contribution in [2.45, 2.75) is 30.1 Å². The van der Waals surface area contributed by atoms with Crippen LogP contribution in [0.5, 0.6) is 0 Å². The molecule has 0 radical (unpaired) electrons. The third-order valence-corrected chi connectivity index (χ3v) is 3.69. The fraction of sp³-hybridized carbons (Fsp3) is 0.308. The summed E-state index contributed by atoms with van der Waals surface area (Å²) in [7, 11) is 0. The van der Waals surface area contributed by atoms with E-state index in [-0.39, 0.29) is 5.56 Å². The van der Waals surface area contributed by atoms with Crippen molar-refractivity contribution in [3.8, 4) is 0 Å². The summed E-state index contributed by atoms with van der Waals surface area (Å²) >= 11 is 1.15. The van der Waals surface area contributed by atoms with E-state index in [1.54, 1.807) is 31.2 Å². The number of carbonyl (C=O) groups is 3. The van der Waals surface area contributed by atoms with Crippen LogP contribution in [0.2, 0.25) is 0 Å². The molecule has 0 aromatic heterocycles. The summed E-state index contributed by atoms with van der Waals surface area (Å²) in [5.74, 6) is -1.88. The van der Waals surface area contributed by atoms with E-state index in [1.165, 1.54) is 6.92 Å². The molecule has 4 N–H and O–H groups in total. The standard InChI is InChI=1S/C13H16N2O4S/c1-7(11(14)16)19-13(18)9-5-3-4-6-10(9)20-8(2)12(15)17/h3-8H,1-2H3,(H2,14,16)(H2,15,17)/t7-,8+/m1/s1. The van der Waals surface area contributed by atoms with Crippen molar-refractivity contribution in [2.24, 2.45) is 11.5 Å². The molecule has 0 fully saturated rings. The SMILES string of the molecule is C[C@H](Sc1ccccc1C(=O)O[C@H](C)C(N)=O)C(N)=O. The normalized spacial score (nSPS) is 13.3. The molecule has 1 rings (SSSR count). The van der Waals surface area contributed by atoms with Crippen LogP contribution < -0.4 is 11.5 Å². The molecule has 0 heterocycles. The van der Waals surface area contributed by atoms with Crippen LogP contribution in [0.4, 0.5) is 0 Å². The number of ether oxygens (including phenoxy) is 1. The Bertz CT molecular complexity index is 533. The Balaban J connectivity index is 2.92. The first-order valence-electron chi connectivity index (χ1n) is 5.88.